The first-order chi connectivity index (χ1) is 41.2. The molecular formula is C73H65BrCuF3IN4OP. The maximum atomic E-state index is 13.6. The van der Waals surface area contributed by atoms with Crippen LogP contribution in [0.3, 0.4) is 0 Å². The zero-order valence-corrected chi connectivity index (χ0v) is 53.7. The molecule has 0 amide bonds. The van der Waals surface area contributed by atoms with E-state index in [1.807, 2.05) is 31.2 Å². The van der Waals surface area contributed by atoms with Crippen LogP contribution in [-0.4, -0.2) is 12.3 Å². The van der Waals surface area contributed by atoms with E-state index >= 15 is 0 Å². The molecule has 0 heterocycles. The second-order valence-corrected chi connectivity index (χ2v) is 19.6. The zero-order valence-electron chi connectivity index (χ0n) is 48.2. The van der Waals surface area contributed by atoms with Crippen LogP contribution in [0, 0.1) is 90.3 Å². The molecule has 2 N–H and O–H groups in total. The Labute approximate surface area is 532 Å². The summed E-state index contributed by atoms with van der Waals surface area (Å²) in [7, 11) is -0.446. The third kappa shape index (κ3) is 32.8. The van der Waals surface area contributed by atoms with Gasteiger partial charge in [-0.3, -0.25) is 4.79 Å². The molecule has 0 saturated carbocycles. The van der Waals surface area contributed by atoms with Gasteiger partial charge in [0.1, 0.15) is 23.5 Å². The van der Waals surface area contributed by atoms with E-state index in [-0.39, 0.29) is 22.7 Å². The van der Waals surface area contributed by atoms with E-state index in [4.69, 9.17) is 37.0 Å². The molecule has 12 heteroatoms. The number of rotatable bonds is 5. The summed E-state index contributed by atoms with van der Waals surface area (Å²) in [6.07, 6.45) is 17.2. The van der Waals surface area contributed by atoms with Crippen LogP contribution in [0.25, 0.3) is 9.69 Å². The van der Waals surface area contributed by atoms with Gasteiger partial charge < -0.3 is 5.73 Å². The first kappa shape index (κ1) is 76.5. The van der Waals surface area contributed by atoms with Crippen molar-refractivity contribution in [1.82, 2.24) is 0 Å². The van der Waals surface area contributed by atoms with E-state index in [9.17, 15) is 18.0 Å². The molecule has 85 heavy (non-hydrogen) atoms. The van der Waals surface area contributed by atoms with Crippen LogP contribution in [-0.2, 0) is 17.6 Å². The average molecular weight is 1370 g/mol. The van der Waals surface area contributed by atoms with E-state index < -0.39 is 25.4 Å². The zero-order chi connectivity index (χ0) is 63.6. The van der Waals surface area contributed by atoms with Crippen molar-refractivity contribution in [2.75, 3.05) is 6.54 Å². The molecular weight excluding hydrogens is 1310 g/mol. The number of ketones is 1. The van der Waals surface area contributed by atoms with Crippen molar-refractivity contribution in [3.8, 4) is 54.4 Å². The monoisotopic (exact) mass is 1370 g/mol. The molecule has 0 aliphatic heterocycles. The summed E-state index contributed by atoms with van der Waals surface area (Å²) >= 11 is 8.95. The largest absolute Gasteiger partial charge is 0.0622 e. The van der Waals surface area contributed by atoms with Gasteiger partial charge in [0, 0.05) is 37.9 Å². The fraction of sp³-hybridized carbons (Fsp3) is 0.123. The Morgan fingerprint density at radius 3 is 1.20 bits per heavy atom. The minimum absolute atomic E-state index is 0.0166. The SMILES string of the molecule is C#Cc1ccc(C#C)cc1.C=CC(=O)C=CC.CCC.CCC.CCN.[C-]#[N+]c1ccc(Br)cc1F.[C-]#[N+]c1ccc(C#Cc2ccc(C#Cc3ccc(C#N)c(F)c3)cc2)cc1F.[Cu][I].c1ccc(P(c2ccccc2)c2ccccc2)cc1. The summed E-state index contributed by atoms with van der Waals surface area (Å²) in [5, 5.41) is 12.9. The van der Waals surface area contributed by atoms with E-state index in [0.717, 1.165) is 28.8 Å². The Bertz CT molecular complexity index is 3390. The van der Waals surface area contributed by atoms with Crippen molar-refractivity contribution in [1.29, 1.82) is 5.26 Å². The van der Waals surface area contributed by atoms with Crippen molar-refractivity contribution in [3.63, 3.8) is 0 Å². The first-order valence-electron chi connectivity index (χ1n) is 26.1. The van der Waals surface area contributed by atoms with Crippen LogP contribution >= 0.6 is 44.2 Å². The second kappa shape index (κ2) is 49.0. The van der Waals surface area contributed by atoms with Gasteiger partial charge in [-0.2, -0.15) is 5.26 Å². The molecule has 0 unspecified atom stereocenters. The van der Waals surface area contributed by atoms with Crippen LogP contribution in [0.4, 0.5) is 24.5 Å². The summed E-state index contributed by atoms with van der Waals surface area (Å²) in [5.74, 6) is 14.9. The van der Waals surface area contributed by atoms with Crippen LogP contribution in [0.15, 0.2) is 223 Å². The average Bonchev–Trinajstić information content (AvgIpc) is 3.66. The quantitative estimate of drug-likeness (QED) is 0.0466. The summed E-state index contributed by atoms with van der Waals surface area (Å²) in [5.41, 5.74) is 8.99. The molecule has 0 fully saturated rings. The summed E-state index contributed by atoms with van der Waals surface area (Å²) in [6.45, 7) is 29.6. The van der Waals surface area contributed by atoms with Crippen molar-refractivity contribution < 1.29 is 30.7 Å². The number of carbonyl (C=O) groups excluding carboxylic acids is 1. The first-order valence-corrected chi connectivity index (χ1v) is 31.3. The van der Waals surface area contributed by atoms with Gasteiger partial charge in [0.05, 0.1) is 18.7 Å². The minimum Gasteiger partial charge on any atom is -0.0622 e. The number of nitriles is 1. The Balaban J connectivity index is 0.00000107. The molecule has 0 bridgehead atoms. The summed E-state index contributed by atoms with van der Waals surface area (Å²) in [6, 6.07) is 61.3. The van der Waals surface area contributed by atoms with Gasteiger partial charge in [-0.25, -0.2) is 22.9 Å². The van der Waals surface area contributed by atoms with Crippen molar-refractivity contribution in [3.05, 3.63) is 303 Å². The van der Waals surface area contributed by atoms with Crippen molar-refractivity contribution >= 4 is 77.3 Å². The molecule has 434 valence electrons. The van der Waals surface area contributed by atoms with Gasteiger partial charge in [0.25, 0.3) is 0 Å². The van der Waals surface area contributed by atoms with Gasteiger partial charge in [-0.1, -0.05) is 227 Å². The van der Waals surface area contributed by atoms with Gasteiger partial charge >= 0.3 is 33.1 Å². The molecule has 5 nitrogen and oxygen atoms in total. The third-order valence-electron chi connectivity index (χ3n) is 9.57. The van der Waals surface area contributed by atoms with Gasteiger partial charge in [0.15, 0.2) is 5.78 Å². The second-order valence-electron chi connectivity index (χ2n) is 16.5. The standard InChI is InChI=1S/C24H10F2N2.C18H15P.C10H6.C7H3BrFN.C6H8O.2C3H8.C2H7N.Cu.HI/c1-28-24-13-11-20(15-23(24)26)9-7-18-4-2-17(3-5-18)6-8-19-10-12-21(16-27)22(25)14-19;1-4-10-16(11-5-1)19(17-12-6-2-7-13-17)18-14-8-3-9-15-18;1-3-9-5-7-10(4-2)8-6-9;1-10-7-3-2-5(8)4-6(7)9;1-3-5-6(7)4-2;2*1-3-2;1-2-3;;/h2-5,10-15H;1-15H;1-2,5-8H;2-4H;3-5H,2H2,1H3;2*3H2,1-2H3;2-3H2,1H3;;1H/q;;;;;;;;+1;/p-1. The summed E-state index contributed by atoms with van der Waals surface area (Å²) in [4.78, 5) is 16.2. The fourth-order valence-electron chi connectivity index (χ4n) is 5.93. The molecule has 8 rings (SSSR count). The van der Waals surface area contributed by atoms with Crippen LogP contribution in [0.2, 0.25) is 0 Å². The number of terminal acetylenes is 2. The van der Waals surface area contributed by atoms with Crippen molar-refractivity contribution in [2.45, 2.75) is 54.4 Å². The topological polar surface area (TPSA) is 75.6 Å². The number of benzene rings is 8. The molecule has 0 aromatic heterocycles. The molecule has 0 aliphatic rings. The molecule has 0 aliphatic carbocycles. The fourth-order valence-corrected chi connectivity index (χ4v) is 8.57. The number of nitrogens with zero attached hydrogens (tertiary/aromatic N) is 3. The predicted octanol–water partition coefficient (Wildman–Crippen LogP) is 18.4. The van der Waals surface area contributed by atoms with E-state index in [2.05, 4.69) is 199 Å². The summed E-state index contributed by atoms with van der Waals surface area (Å²) < 4.78 is 40.4. The number of hydrogen-bond donors (Lipinski definition) is 1. The van der Waals surface area contributed by atoms with E-state index in [1.165, 1.54) is 77.3 Å². The Kier molecular flexibility index (Phi) is 44.1. The molecule has 8 aromatic rings. The number of halogens is 5. The maximum absolute atomic E-state index is 13.6. The van der Waals surface area contributed by atoms with Gasteiger partial charge in [0.2, 0.25) is 11.4 Å². The Morgan fingerprint density at radius 2 is 0.906 bits per heavy atom. The number of nitrogens with two attached hydrogens (primary N) is 1. The van der Waals surface area contributed by atoms with E-state index in [1.54, 1.807) is 81.9 Å². The molecule has 0 spiro atoms. The number of hydrogen-bond acceptors (Lipinski definition) is 3. The van der Waals surface area contributed by atoms with Crippen LogP contribution in [0.5, 0.6) is 0 Å². The normalized spacial score (nSPS) is 8.82. The number of allylic oxidation sites excluding steroid dienone is 3. The Hall–Kier alpha value is -8.47. The smallest absolute Gasteiger partial charge is 0.0134 e. The maximum Gasteiger partial charge on any atom is -0.0134 e. The van der Waals surface area contributed by atoms with Crippen LogP contribution < -0.4 is 21.6 Å². The molecule has 8 aromatic carbocycles. The van der Waals surface area contributed by atoms with Gasteiger partial charge in [-0.15, -0.1) is 12.8 Å². The minimum atomic E-state index is -0.596. The molecule has 0 atom stereocenters. The van der Waals surface area contributed by atoms with Crippen LogP contribution in [0.1, 0.15) is 93.3 Å². The molecule has 0 radical (unpaired) electrons. The molecule has 0 saturated heterocycles. The number of carbonyl (C=O) groups is 1. The Morgan fingerprint density at radius 1 is 0.588 bits per heavy atom. The van der Waals surface area contributed by atoms with E-state index in [0.29, 0.717) is 15.6 Å². The van der Waals surface area contributed by atoms with Crippen molar-refractivity contribution in [2.24, 2.45) is 5.73 Å². The predicted molar refractivity (Wildman–Crippen MR) is 361 cm³/mol. The van der Waals surface area contributed by atoms with Gasteiger partial charge in [-0.05, 0) is 128 Å². The third-order valence-corrected chi connectivity index (χ3v) is 12.5.